The molecule has 0 unspecified atom stereocenters. The van der Waals surface area contributed by atoms with Crippen LogP contribution in [0.3, 0.4) is 0 Å². The van der Waals surface area contributed by atoms with E-state index in [-0.39, 0.29) is 23.8 Å². The zero-order valence-electron chi connectivity index (χ0n) is 18.9. The van der Waals surface area contributed by atoms with Gasteiger partial charge < -0.3 is 10.1 Å². The van der Waals surface area contributed by atoms with Crippen LogP contribution in [0, 0.1) is 5.92 Å². The van der Waals surface area contributed by atoms with Crippen LogP contribution in [-0.4, -0.2) is 17.9 Å². The first kappa shape index (κ1) is 22.5. The summed E-state index contributed by atoms with van der Waals surface area (Å²) in [6, 6.07) is 20.7. The molecular formula is C27H31NO3. The zero-order valence-corrected chi connectivity index (χ0v) is 18.9. The number of nitrogens with one attached hydrogen (secondary N) is 1. The number of benzene rings is 3. The van der Waals surface area contributed by atoms with Crippen LogP contribution in [0.1, 0.15) is 56.1 Å². The third kappa shape index (κ3) is 5.52. The molecule has 31 heavy (non-hydrogen) atoms. The highest BCUT2D eigenvalue weighted by atomic mass is 16.5. The lowest BCUT2D eigenvalue weighted by Gasteiger charge is -2.22. The van der Waals surface area contributed by atoms with Crippen LogP contribution >= 0.6 is 0 Å². The van der Waals surface area contributed by atoms with Gasteiger partial charge in [0, 0.05) is 5.56 Å². The Balaban J connectivity index is 1.68. The molecule has 3 rings (SSSR count). The molecular weight excluding hydrogens is 386 g/mol. The van der Waals surface area contributed by atoms with Crippen molar-refractivity contribution in [2.75, 3.05) is 0 Å². The Hall–Kier alpha value is -3.14. The van der Waals surface area contributed by atoms with Crippen molar-refractivity contribution < 1.29 is 14.3 Å². The van der Waals surface area contributed by atoms with Gasteiger partial charge in [0.15, 0.2) is 0 Å². The maximum Gasteiger partial charge on any atom is 0.329 e. The average Bonchev–Trinajstić information content (AvgIpc) is 2.74. The lowest BCUT2D eigenvalue weighted by molar-refractivity contribution is -0.148. The first-order valence-electron chi connectivity index (χ1n) is 10.7. The van der Waals surface area contributed by atoms with Gasteiger partial charge in [0.1, 0.15) is 12.6 Å². The molecule has 0 aliphatic rings. The van der Waals surface area contributed by atoms with Crippen molar-refractivity contribution in [1.29, 1.82) is 0 Å². The van der Waals surface area contributed by atoms with E-state index in [0.717, 1.165) is 21.9 Å². The van der Waals surface area contributed by atoms with Gasteiger partial charge in [-0.25, -0.2) is 4.79 Å². The predicted octanol–water partition coefficient (Wildman–Crippen LogP) is 5.64. The summed E-state index contributed by atoms with van der Waals surface area (Å²) in [7, 11) is 0. The Morgan fingerprint density at radius 1 is 0.903 bits per heavy atom. The van der Waals surface area contributed by atoms with Crippen LogP contribution < -0.4 is 5.32 Å². The first-order valence-corrected chi connectivity index (χ1v) is 10.7. The second-order valence-electron chi connectivity index (χ2n) is 9.27. The number of hydrogen-bond donors (Lipinski definition) is 1. The van der Waals surface area contributed by atoms with Gasteiger partial charge in [-0.05, 0) is 45.4 Å². The lowest BCUT2D eigenvalue weighted by Crippen LogP contribution is -2.45. The van der Waals surface area contributed by atoms with Crippen molar-refractivity contribution in [3.63, 3.8) is 0 Å². The predicted molar refractivity (Wildman–Crippen MR) is 125 cm³/mol. The highest BCUT2D eigenvalue weighted by Crippen LogP contribution is 2.22. The molecule has 162 valence electrons. The van der Waals surface area contributed by atoms with Crippen LogP contribution in [0.25, 0.3) is 10.8 Å². The van der Waals surface area contributed by atoms with Gasteiger partial charge in [0.25, 0.3) is 5.91 Å². The maximum atomic E-state index is 12.8. The number of carbonyl (C=O) groups is 2. The number of ether oxygens (including phenoxy) is 1. The van der Waals surface area contributed by atoms with E-state index in [0.29, 0.717) is 5.56 Å². The summed E-state index contributed by atoms with van der Waals surface area (Å²) in [5, 5.41) is 5.01. The maximum absolute atomic E-state index is 12.8. The normalized spacial score (nSPS) is 12.6. The fraction of sp³-hybridized carbons (Fsp3) is 0.333. The summed E-state index contributed by atoms with van der Waals surface area (Å²) in [5.41, 5.74) is 2.64. The minimum absolute atomic E-state index is 0.0148. The number of carbonyl (C=O) groups excluding carboxylic acids is 2. The standard InChI is InChI=1S/C27H31NO3/c1-18(2)24(28-25(29)20-13-15-22(16-14-20)27(3,4)5)26(30)31-17-21-11-8-10-19-9-6-7-12-23(19)21/h6-16,18,24H,17H2,1-5H3,(H,28,29)/t24-/m0/s1. The molecule has 0 spiro atoms. The summed E-state index contributed by atoms with van der Waals surface area (Å²) in [6.07, 6.45) is 0. The molecule has 1 amide bonds. The monoisotopic (exact) mass is 417 g/mol. The number of amides is 1. The highest BCUT2D eigenvalue weighted by Gasteiger charge is 2.26. The molecule has 3 aromatic carbocycles. The largest absolute Gasteiger partial charge is 0.459 e. The van der Waals surface area contributed by atoms with Gasteiger partial charge in [-0.15, -0.1) is 0 Å². The van der Waals surface area contributed by atoms with Crippen LogP contribution in [0.4, 0.5) is 0 Å². The van der Waals surface area contributed by atoms with E-state index < -0.39 is 12.0 Å². The SMILES string of the molecule is CC(C)[C@H](NC(=O)c1ccc(C(C)(C)C)cc1)C(=O)OCc1cccc2ccccc12. The highest BCUT2D eigenvalue weighted by molar-refractivity contribution is 5.97. The Morgan fingerprint density at radius 2 is 1.55 bits per heavy atom. The molecule has 1 atom stereocenters. The topological polar surface area (TPSA) is 55.4 Å². The third-order valence-corrected chi connectivity index (χ3v) is 5.47. The van der Waals surface area contributed by atoms with Crippen LogP contribution in [-0.2, 0) is 21.6 Å². The zero-order chi connectivity index (χ0) is 22.6. The summed E-state index contributed by atoms with van der Waals surface area (Å²) in [4.78, 5) is 25.6. The molecule has 0 radical (unpaired) electrons. The molecule has 0 heterocycles. The van der Waals surface area contributed by atoms with E-state index in [1.165, 1.54) is 0 Å². The van der Waals surface area contributed by atoms with Crippen LogP contribution in [0.2, 0.25) is 0 Å². The second-order valence-corrected chi connectivity index (χ2v) is 9.27. The number of esters is 1. The van der Waals surface area contributed by atoms with Gasteiger partial charge in [-0.2, -0.15) is 0 Å². The van der Waals surface area contributed by atoms with Crippen molar-refractivity contribution in [3.8, 4) is 0 Å². The molecule has 0 aliphatic heterocycles. The lowest BCUT2D eigenvalue weighted by atomic mass is 9.86. The molecule has 0 saturated carbocycles. The molecule has 4 nitrogen and oxygen atoms in total. The quantitative estimate of drug-likeness (QED) is 0.529. The second kappa shape index (κ2) is 9.34. The minimum atomic E-state index is -0.718. The van der Waals surface area contributed by atoms with Gasteiger partial charge >= 0.3 is 5.97 Å². The van der Waals surface area contributed by atoms with Gasteiger partial charge in [0.2, 0.25) is 0 Å². The van der Waals surface area contributed by atoms with Gasteiger partial charge in [0.05, 0.1) is 0 Å². The van der Waals surface area contributed by atoms with Crippen molar-refractivity contribution in [2.45, 2.75) is 52.7 Å². The van der Waals surface area contributed by atoms with Gasteiger partial charge in [-0.1, -0.05) is 89.2 Å². The summed E-state index contributed by atoms with van der Waals surface area (Å²) in [6.45, 7) is 10.3. The molecule has 0 fully saturated rings. The summed E-state index contributed by atoms with van der Waals surface area (Å²) >= 11 is 0. The minimum Gasteiger partial charge on any atom is -0.459 e. The van der Waals surface area contributed by atoms with Crippen LogP contribution in [0.15, 0.2) is 66.7 Å². The summed E-state index contributed by atoms with van der Waals surface area (Å²) < 4.78 is 5.61. The Labute approximate surface area is 184 Å². The van der Waals surface area contributed by atoms with Gasteiger partial charge in [-0.3, -0.25) is 4.79 Å². The average molecular weight is 418 g/mol. The molecule has 0 bridgehead atoms. The molecule has 1 N–H and O–H groups in total. The third-order valence-electron chi connectivity index (χ3n) is 5.47. The number of hydrogen-bond acceptors (Lipinski definition) is 3. The van der Waals surface area contributed by atoms with Crippen LogP contribution in [0.5, 0.6) is 0 Å². The molecule has 0 aliphatic carbocycles. The van der Waals surface area contributed by atoms with E-state index in [4.69, 9.17) is 4.74 Å². The molecule has 0 aromatic heterocycles. The molecule has 3 aromatic rings. The fourth-order valence-electron chi connectivity index (χ4n) is 3.50. The van der Waals surface area contributed by atoms with E-state index >= 15 is 0 Å². The molecule has 4 heteroatoms. The smallest absolute Gasteiger partial charge is 0.329 e. The molecule has 0 saturated heterocycles. The van der Waals surface area contributed by atoms with E-state index in [1.807, 2.05) is 68.4 Å². The van der Waals surface area contributed by atoms with E-state index in [2.05, 4.69) is 26.1 Å². The number of fused-ring (bicyclic) bond motifs is 1. The van der Waals surface area contributed by atoms with Crippen molar-refractivity contribution >= 4 is 22.6 Å². The van der Waals surface area contributed by atoms with E-state index in [1.54, 1.807) is 12.1 Å². The van der Waals surface area contributed by atoms with Crippen molar-refractivity contribution in [3.05, 3.63) is 83.4 Å². The van der Waals surface area contributed by atoms with Crippen molar-refractivity contribution in [2.24, 2.45) is 5.92 Å². The Morgan fingerprint density at radius 3 is 2.19 bits per heavy atom. The Kier molecular flexibility index (Phi) is 6.79. The Bertz CT molecular complexity index is 1060. The first-order chi connectivity index (χ1) is 14.7. The van der Waals surface area contributed by atoms with Crippen molar-refractivity contribution in [1.82, 2.24) is 5.32 Å². The fourth-order valence-corrected chi connectivity index (χ4v) is 3.50. The summed E-state index contributed by atoms with van der Waals surface area (Å²) in [5.74, 6) is -0.804. The number of rotatable bonds is 6. The van der Waals surface area contributed by atoms with E-state index in [9.17, 15) is 9.59 Å².